The van der Waals surface area contributed by atoms with Crippen molar-refractivity contribution in [2.45, 2.75) is 13.5 Å². The highest BCUT2D eigenvalue weighted by atomic mass is 16.4. The first-order chi connectivity index (χ1) is 8.65. The van der Waals surface area contributed by atoms with Crippen molar-refractivity contribution in [2.24, 2.45) is 0 Å². The fourth-order valence-electron chi connectivity index (χ4n) is 1.43. The van der Waals surface area contributed by atoms with Crippen LogP contribution in [0.5, 0.6) is 0 Å². The van der Waals surface area contributed by atoms with E-state index in [0.717, 1.165) is 11.4 Å². The van der Waals surface area contributed by atoms with Gasteiger partial charge in [-0.15, -0.1) is 0 Å². The van der Waals surface area contributed by atoms with Crippen molar-refractivity contribution in [3.05, 3.63) is 47.7 Å². The van der Waals surface area contributed by atoms with Crippen LogP contribution in [0.15, 0.2) is 30.6 Å². The molecule has 6 nitrogen and oxygen atoms in total. The average molecular weight is 244 g/mol. The van der Waals surface area contributed by atoms with Gasteiger partial charge >= 0.3 is 5.97 Å². The molecule has 18 heavy (non-hydrogen) atoms. The lowest BCUT2D eigenvalue weighted by molar-refractivity contribution is 0.0690. The lowest BCUT2D eigenvalue weighted by atomic mass is 10.3. The first-order valence-corrected chi connectivity index (χ1v) is 5.37. The smallest absolute Gasteiger partial charge is 0.356 e. The highest BCUT2D eigenvalue weighted by Gasteiger charge is 2.05. The van der Waals surface area contributed by atoms with Crippen molar-refractivity contribution < 1.29 is 9.90 Å². The van der Waals surface area contributed by atoms with Crippen LogP contribution in [0.25, 0.3) is 0 Å². The van der Waals surface area contributed by atoms with Gasteiger partial charge in [0.25, 0.3) is 0 Å². The molecule has 0 unspecified atom stereocenters. The van der Waals surface area contributed by atoms with Crippen LogP contribution < -0.4 is 5.32 Å². The van der Waals surface area contributed by atoms with E-state index in [-0.39, 0.29) is 5.69 Å². The third-order valence-corrected chi connectivity index (χ3v) is 2.25. The van der Waals surface area contributed by atoms with E-state index in [0.29, 0.717) is 12.4 Å². The number of hydrogen-bond donors (Lipinski definition) is 2. The van der Waals surface area contributed by atoms with Crippen LogP contribution in [0.4, 0.5) is 5.82 Å². The van der Waals surface area contributed by atoms with Gasteiger partial charge in [-0.2, -0.15) is 0 Å². The molecule has 0 aliphatic carbocycles. The highest BCUT2D eigenvalue weighted by Crippen LogP contribution is 2.05. The normalized spacial score (nSPS) is 10.1. The van der Waals surface area contributed by atoms with Crippen molar-refractivity contribution in [1.82, 2.24) is 15.0 Å². The molecule has 6 heteroatoms. The Balaban J connectivity index is 2.06. The van der Waals surface area contributed by atoms with E-state index >= 15 is 0 Å². The first kappa shape index (κ1) is 12.0. The summed E-state index contributed by atoms with van der Waals surface area (Å²) in [5.41, 5.74) is 1.70. The SMILES string of the molecule is Cc1cccc(CNc2cncc(C(=O)O)n2)n1. The Morgan fingerprint density at radius 3 is 2.89 bits per heavy atom. The number of carbonyl (C=O) groups is 1. The van der Waals surface area contributed by atoms with Gasteiger partial charge in [-0.3, -0.25) is 9.97 Å². The molecule has 2 rings (SSSR count). The summed E-state index contributed by atoms with van der Waals surface area (Å²) in [5.74, 6) is -0.682. The van der Waals surface area contributed by atoms with Crippen LogP contribution in [0, 0.1) is 6.92 Å². The molecule has 0 saturated heterocycles. The Hall–Kier alpha value is -2.50. The largest absolute Gasteiger partial charge is 0.476 e. The molecule has 0 radical (unpaired) electrons. The van der Waals surface area contributed by atoms with Gasteiger partial charge in [-0.1, -0.05) is 6.07 Å². The Morgan fingerprint density at radius 2 is 2.17 bits per heavy atom. The summed E-state index contributed by atoms with van der Waals surface area (Å²) in [4.78, 5) is 22.8. The summed E-state index contributed by atoms with van der Waals surface area (Å²) in [6, 6.07) is 5.71. The van der Waals surface area contributed by atoms with Gasteiger partial charge in [0.05, 0.1) is 24.6 Å². The maximum atomic E-state index is 10.7. The minimum Gasteiger partial charge on any atom is -0.476 e. The third-order valence-electron chi connectivity index (χ3n) is 2.25. The Labute approximate surface area is 104 Å². The van der Waals surface area contributed by atoms with Gasteiger partial charge in [0, 0.05) is 5.69 Å². The number of pyridine rings is 1. The highest BCUT2D eigenvalue weighted by molar-refractivity contribution is 5.85. The number of nitrogens with one attached hydrogen (secondary N) is 1. The van der Waals surface area contributed by atoms with E-state index in [1.165, 1.54) is 12.4 Å². The predicted octanol–water partition coefficient (Wildman–Crippen LogP) is 1.49. The van der Waals surface area contributed by atoms with Gasteiger partial charge in [0.15, 0.2) is 5.69 Å². The zero-order chi connectivity index (χ0) is 13.0. The minimum atomic E-state index is -1.10. The Bertz CT molecular complexity index is 572. The Kier molecular flexibility index (Phi) is 3.47. The first-order valence-electron chi connectivity index (χ1n) is 5.37. The van der Waals surface area contributed by atoms with E-state index < -0.39 is 5.97 Å². The summed E-state index contributed by atoms with van der Waals surface area (Å²) in [5, 5.41) is 11.8. The summed E-state index contributed by atoms with van der Waals surface area (Å²) in [7, 11) is 0. The fraction of sp³-hybridized carbons (Fsp3) is 0.167. The minimum absolute atomic E-state index is 0.0859. The van der Waals surface area contributed by atoms with E-state index in [4.69, 9.17) is 5.11 Å². The number of anilines is 1. The van der Waals surface area contributed by atoms with Crippen LogP contribution in [0.2, 0.25) is 0 Å². The van der Waals surface area contributed by atoms with Crippen LogP contribution in [0.1, 0.15) is 21.9 Å². The summed E-state index contributed by atoms with van der Waals surface area (Å²) in [6.07, 6.45) is 2.68. The summed E-state index contributed by atoms with van der Waals surface area (Å²) < 4.78 is 0. The Morgan fingerprint density at radius 1 is 1.33 bits per heavy atom. The topological polar surface area (TPSA) is 88.0 Å². The number of aryl methyl sites for hydroxylation is 1. The monoisotopic (exact) mass is 244 g/mol. The molecule has 0 amide bonds. The molecule has 0 fully saturated rings. The molecule has 0 saturated carbocycles. The molecule has 0 aromatic carbocycles. The number of aromatic carboxylic acids is 1. The van der Waals surface area contributed by atoms with Crippen molar-refractivity contribution in [1.29, 1.82) is 0 Å². The molecule has 92 valence electrons. The summed E-state index contributed by atoms with van der Waals surface area (Å²) in [6.45, 7) is 2.38. The van der Waals surface area contributed by atoms with E-state index in [1.807, 2.05) is 25.1 Å². The molecule has 2 aromatic rings. The maximum Gasteiger partial charge on any atom is 0.356 e. The predicted molar refractivity (Wildman–Crippen MR) is 65.3 cm³/mol. The average Bonchev–Trinajstić information content (AvgIpc) is 2.37. The molecule has 0 atom stereocenters. The second-order valence-electron chi connectivity index (χ2n) is 3.72. The molecule has 2 heterocycles. The maximum absolute atomic E-state index is 10.7. The number of carboxylic acid groups (broad SMARTS) is 1. The third kappa shape index (κ3) is 3.00. The lowest BCUT2D eigenvalue weighted by Crippen LogP contribution is -2.07. The van der Waals surface area contributed by atoms with Crippen LogP contribution >= 0.6 is 0 Å². The molecule has 2 N–H and O–H groups in total. The van der Waals surface area contributed by atoms with Gasteiger partial charge in [-0.25, -0.2) is 9.78 Å². The zero-order valence-corrected chi connectivity index (χ0v) is 9.79. The molecule has 0 aliphatic heterocycles. The van der Waals surface area contributed by atoms with E-state index in [1.54, 1.807) is 0 Å². The van der Waals surface area contributed by atoms with E-state index in [2.05, 4.69) is 20.3 Å². The quantitative estimate of drug-likeness (QED) is 0.847. The molecular formula is C12H12N4O2. The van der Waals surface area contributed by atoms with Crippen LogP contribution in [0.3, 0.4) is 0 Å². The number of hydrogen-bond acceptors (Lipinski definition) is 5. The van der Waals surface area contributed by atoms with Gasteiger partial charge < -0.3 is 10.4 Å². The molecular weight excluding hydrogens is 232 g/mol. The zero-order valence-electron chi connectivity index (χ0n) is 9.79. The van der Waals surface area contributed by atoms with E-state index in [9.17, 15) is 4.79 Å². The number of aromatic nitrogens is 3. The standard InChI is InChI=1S/C12H12N4O2/c1-8-3-2-4-9(15-8)5-14-11-7-13-6-10(16-11)12(17)18/h2-4,6-7H,5H2,1H3,(H,14,16)(H,17,18). The number of rotatable bonds is 4. The van der Waals surface area contributed by atoms with Crippen molar-refractivity contribution >= 4 is 11.8 Å². The van der Waals surface area contributed by atoms with Gasteiger partial charge in [0.2, 0.25) is 0 Å². The second-order valence-corrected chi connectivity index (χ2v) is 3.72. The van der Waals surface area contributed by atoms with Crippen LogP contribution in [-0.4, -0.2) is 26.0 Å². The van der Waals surface area contributed by atoms with Crippen LogP contribution in [-0.2, 0) is 6.54 Å². The summed E-state index contributed by atoms with van der Waals surface area (Å²) >= 11 is 0. The molecule has 2 aromatic heterocycles. The van der Waals surface area contributed by atoms with Crippen molar-refractivity contribution in [2.75, 3.05) is 5.32 Å². The molecule has 0 spiro atoms. The number of carboxylic acids is 1. The number of nitrogens with zero attached hydrogens (tertiary/aromatic N) is 3. The molecule has 0 aliphatic rings. The fourth-order valence-corrected chi connectivity index (χ4v) is 1.43. The van der Waals surface area contributed by atoms with Crippen molar-refractivity contribution in [3.8, 4) is 0 Å². The second kappa shape index (κ2) is 5.22. The molecule has 0 bridgehead atoms. The van der Waals surface area contributed by atoms with Gasteiger partial charge in [-0.05, 0) is 19.1 Å². The lowest BCUT2D eigenvalue weighted by Gasteiger charge is -2.05. The van der Waals surface area contributed by atoms with Crippen molar-refractivity contribution in [3.63, 3.8) is 0 Å². The van der Waals surface area contributed by atoms with Gasteiger partial charge in [0.1, 0.15) is 5.82 Å².